The normalized spacial score (nSPS) is 10.6. The third-order valence-corrected chi connectivity index (χ3v) is 3.88. The second-order valence-electron chi connectivity index (χ2n) is 5.53. The van der Waals surface area contributed by atoms with E-state index in [1.54, 1.807) is 54.1 Å². The highest BCUT2D eigenvalue weighted by molar-refractivity contribution is 6.30. The van der Waals surface area contributed by atoms with Crippen LogP contribution in [-0.4, -0.2) is 39.7 Å². The largest absolute Gasteiger partial charge is 0.465 e. The molecule has 8 nitrogen and oxygen atoms in total. The highest BCUT2D eigenvalue weighted by atomic mass is 35.5. The maximum atomic E-state index is 12.0. The van der Waals surface area contributed by atoms with Gasteiger partial charge in [-0.2, -0.15) is 4.98 Å². The van der Waals surface area contributed by atoms with Crippen LogP contribution in [0.15, 0.2) is 47.1 Å². The molecule has 0 radical (unpaired) electrons. The Morgan fingerprint density at radius 1 is 1.26 bits per heavy atom. The summed E-state index contributed by atoms with van der Waals surface area (Å²) in [6.45, 7) is 1.79. The molecule has 0 bridgehead atoms. The summed E-state index contributed by atoms with van der Waals surface area (Å²) in [7, 11) is 0. The van der Waals surface area contributed by atoms with Gasteiger partial charge >= 0.3 is 5.97 Å². The fourth-order valence-corrected chi connectivity index (χ4v) is 2.51. The number of ether oxygens (including phenoxy) is 1. The predicted octanol–water partition coefficient (Wildman–Crippen LogP) is 2.54. The van der Waals surface area contributed by atoms with Gasteiger partial charge in [-0.25, -0.2) is 0 Å². The van der Waals surface area contributed by atoms with Gasteiger partial charge in [0.1, 0.15) is 18.8 Å². The zero-order chi connectivity index (χ0) is 19.2. The first-order valence-corrected chi connectivity index (χ1v) is 8.62. The molecule has 140 valence electrons. The Bertz CT molecular complexity index is 933. The molecule has 1 amide bonds. The molecule has 9 heteroatoms. The van der Waals surface area contributed by atoms with Crippen molar-refractivity contribution in [3.8, 4) is 23.0 Å². The van der Waals surface area contributed by atoms with Gasteiger partial charge in [0.05, 0.1) is 6.61 Å². The summed E-state index contributed by atoms with van der Waals surface area (Å²) in [4.78, 5) is 27.7. The third kappa shape index (κ3) is 4.73. The van der Waals surface area contributed by atoms with Crippen LogP contribution in [0, 0.1) is 0 Å². The average Bonchev–Trinajstić information content (AvgIpc) is 3.30. The monoisotopic (exact) mass is 388 g/mol. The van der Waals surface area contributed by atoms with Gasteiger partial charge < -0.3 is 19.1 Å². The standard InChI is InChI=1S/C18H17ClN4O4/c1-2-26-16(25)10-20-15(24)11-23-9-3-4-14(23)18-21-17(22-27-18)12-5-7-13(19)8-6-12/h3-9H,2,10-11H2,1H3,(H,20,24). The zero-order valence-electron chi connectivity index (χ0n) is 14.5. The maximum Gasteiger partial charge on any atom is 0.325 e. The molecule has 2 heterocycles. The Morgan fingerprint density at radius 3 is 2.78 bits per heavy atom. The Balaban J connectivity index is 1.69. The zero-order valence-corrected chi connectivity index (χ0v) is 15.3. The molecule has 0 aliphatic carbocycles. The molecular formula is C18H17ClN4O4. The van der Waals surface area contributed by atoms with Gasteiger partial charge in [0.15, 0.2) is 0 Å². The van der Waals surface area contributed by atoms with Crippen molar-refractivity contribution in [1.29, 1.82) is 0 Å². The minimum Gasteiger partial charge on any atom is -0.465 e. The van der Waals surface area contributed by atoms with E-state index >= 15 is 0 Å². The van der Waals surface area contributed by atoms with Gasteiger partial charge in [-0.05, 0) is 43.3 Å². The first kappa shape index (κ1) is 18.7. The Morgan fingerprint density at radius 2 is 2.04 bits per heavy atom. The van der Waals surface area contributed by atoms with Crippen LogP contribution in [0.5, 0.6) is 0 Å². The SMILES string of the molecule is CCOC(=O)CNC(=O)Cn1cccc1-c1nc(-c2ccc(Cl)cc2)no1. The van der Waals surface area contributed by atoms with Crippen LogP contribution in [0.2, 0.25) is 5.02 Å². The number of amides is 1. The molecule has 0 aliphatic heterocycles. The number of nitrogens with one attached hydrogen (secondary N) is 1. The van der Waals surface area contributed by atoms with E-state index in [4.69, 9.17) is 20.9 Å². The number of carbonyl (C=O) groups is 2. The van der Waals surface area contributed by atoms with E-state index in [0.717, 1.165) is 5.56 Å². The molecule has 0 saturated carbocycles. The molecule has 27 heavy (non-hydrogen) atoms. The summed E-state index contributed by atoms with van der Waals surface area (Å²) >= 11 is 5.88. The molecule has 0 atom stereocenters. The number of nitrogens with zero attached hydrogens (tertiary/aromatic N) is 3. The maximum absolute atomic E-state index is 12.0. The number of esters is 1. The second-order valence-corrected chi connectivity index (χ2v) is 5.97. The predicted molar refractivity (Wildman–Crippen MR) is 97.8 cm³/mol. The molecule has 2 aromatic heterocycles. The van der Waals surface area contributed by atoms with Gasteiger partial charge in [-0.15, -0.1) is 0 Å². The van der Waals surface area contributed by atoms with Crippen molar-refractivity contribution in [2.24, 2.45) is 0 Å². The van der Waals surface area contributed by atoms with Crippen LogP contribution in [0.25, 0.3) is 23.0 Å². The van der Waals surface area contributed by atoms with Crippen molar-refractivity contribution in [1.82, 2.24) is 20.0 Å². The minimum atomic E-state index is -0.483. The first-order chi connectivity index (χ1) is 13.1. The van der Waals surface area contributed by atoms with Crippen molar-refractivity contribution in [2.75, 3.05) is 13.2 Å². The fourth-order valence-electron chi connectivity index (χ4n) is 2.38. The Kier molecular flexibility index (Phi) is 5.87. The molecule has 0 spiro atoms. The van der Waals surface area contributed by atoms with Gasteiger partial charge in [-0.3, -0.25) is 9.59 Å². The van der Waals surface area contributed by atoms with Gasteiger partial charge in [0.25, 0.3) is 5.89 Å². The van der Waals surface area contributed by atoms with Crippen LogP contribution in [-0.2, 0) is 20.9 Å². The topological polar surface area (TPSA) is 99.2 Å². The second kappa shape index (κ2) is 8.50. The number of carbonyl (C=O) groups excluding carboxylic acids is 2. The van der Waals surface area contributed by atoms with E-state index in [2.05, 4.69) is 15.5 Å². The van der Waals surface area contributed by atoms with Crippen LogP contribution in [0.3, 0.4) is 0 Å². The van der Waals surface area contributed by atoms with E-state index in [-0.39, 0.29) is 31.5 Å². The van der Waals surface area contributed by atoms with Crippen molar-refractivity contribution in [2.45, 2.75) is 13.5 Å². The summed E-state index contributed by atoms with van der Waals surface area (Å²) in [5, 5.41) is 7.09. The molecule has 0 fully saturated rings. The lowest BCUT2D eigenvalue weighted by Crippen LogP contribution is -2.33. The molecule has 1 N–H and O–H groups in total. The van der Waals surface area contributed by atoms with E-state index in [1.807, 2.05) is 0 Å². The van der Waals surface area contributed by atoms with Crippen molar-refractivity contribution in [3.05, 3.63) is 47.6 Å². The number of aromatic nitrogens is 3. The number of hydrogen-bond donors (Lipinski definition) is 1. The van der Waals surface area contributed by atoms with Crippen molar-refractivity contribution >= 4 is 23.5 Å². The van der Waals surface area contributed by atoms with E-state index in [9.17, 15) is 9.59 Å². The lowest BCUT2D eigenvalue weighted by molar-refractivity contribution is -0.143. The van der Waals surface area contributed by atoms with Gasteiger partial charge in [0.2, 0.25) is 11.7 Å². The van der Waals surface area contributed by atoms with Crippen LogP contribution in [0.1, 0.15) is 6.92 Å². The summed E-state index contributed by atoms with van der Waals surface area (Å²) in [6, 6.07) is 10.6. The van der Waals surface area contributed by atoms with Crippen LogP contribution >= 0.6 is 11.6 Å². The Labute approximate surface area is 160 Å². The van der Waals surface area contributed by atoms with Crippen molar-refractivity contribution < 1.29 is 18.8 Å². The highest BCUT2D eigenvalue weighted by Crippen LogP contribution is 2.23. The van der Waals surface area contributed by atoms with Gasteiger partial charge in [-0.1, -0.05) is 16.8 Å². The van der Waals surface area contributed by atoms with Crippen LogP contribution in [0.4, 0.5) is 0 Å². The average molecular weight is 389 g/mol. The quantitative estimate of drug-likeness (QED) is 0.624. The summed E-state index contributed by atoms with van der Waals surface area (Å²) in [6.07, 6.45) is 1.71. The summed E-state index contributed by atoms with van der Waals surface area (Å²) in [5.74, 6) is -0.120. The van der Waals surface area contributed by atoms with Gasteiger partial charge in [0, 0.05) is 16.8 Å². The first-order valence-electron chi connectivity index (χ1n) is 8.24. The third-order valence-electron chi connectivity index (χ3n) is 3.63. The lowest BCUT2D eigenvalue weighted by Gasteiger charge is -2.07. The summed E-state index contributed by atoms with van der Waals surface area (Å²) < 4.78 is 11.7. The van der Waals surface area contributed by atoms with E-state index in [1.165, 1.54) is 0 Å². The smallest absolute Gasteiger partial charge is 0.325 e. The number of rotatable bonds is 7. The molecule has 3 aromatic rings. The summed E-state index contributed by atoms with van der Waals surface area (Å²) in [5.41, 5.74) is 1.36. The van der Waals surface area contributed by atoms with E-state index in [0.29, 0.717) is 16.5 Å². The molecule has 3 rings (SSSR count). The Hall–Kier alpha value is -3.13. The van der Waals surface area contributed by atoms with Crippen LogP contribution < -0.4 is 5.32 Å². The molecular weight excluding hydrogens is 372 g/mol. The number of hydrogen-bond acceptors (Lipinski definition) is 6. The lowest BCUT2D eigenvalue weighted by atomic mass is 10.2. The molecule has 1 aromatic carbocycles. The molecule has 0 aliphatic rings. The number of halogens is 1. The molecule has 0 unspecified atom stereocenters. The minimum absolute atomic E-state index is 0.000393. The highest BCUT2D eigenvalue weighted by Gasteiger charge is 2.16. The van der Waals surface area contributed by atoms with E-state index < -0.39 is 5.97 Å². The fraction of sp³-hybridized carbons (Fsp3) is 0.222. The molecule has 0 saturated heterocycles. The van der Waals surface area contributed by atoms with Crippen molar-refractivity contribution in [3.63, 3.8) is 0 Å². The number of benzene rings is 1.